The molecule has 0 aliphatic carbocycles. The number of ether oxygens (including phenoxy) is 1. The van der Waals surface area contributed by atoms with Gasteiger partial charge in [-0.2, -0.15) is 8.78 Å². The molecule has 7 heteroatoms. The van der Waals surface area contributed by atoms with Crippen LogP contribution >= 0.6 is 23.7 Å². The summed E-state index contributed by atoms with van der Waals surface area (Å²) in [7, 11) is 0. The Balaban J connectivity index is 0.00000289. The minimum atomic E-state index is -3.69. The van der Waals surface area contributed by atoms with E-state index in [4.69, 9.17) is 5.73 Å². The van der Waals surface area contributed by atoms with E-state index in [0.717, 1.165) is 11.3 Å². The van der Waals surface area contributed by atoms with Crippen LogP contribution in [0.15, 0.2) is 12.1 Å². The Morgan fingerprint density at radius 1 is 1.50 bits per heavy atom. The summed E-state index contributed by atoms with van der Waals surface area (Å²) in [5, 5.41) is 0. The Morgan fingerprint density at radius 2 is 2.11 bits per heavy atom. The fraction of sp³-hybridized carbons (Fsp3) is 0.545. The topological polar surface area (TPSA) is 52.3 Å². The number of nitrogens with two attached hydrogens (primary N) is 1. The average Bonchev–Trinajstić information content (AvgIpc) is 2.76. The molecular formula is C11H16ClF2NO2S. The van der Waals surface area contributed by atoms with Crippen molar-refractivity contribution in [3.8, 4) is 0 Å². The Morgan fingerprint density at radius 3 is 2.56 bits per heavy atom. The van der Waals surface area contributed by atoms with Gasteiger partial charge in [-0.15, -0.1) is 23.7 Å². The molecule has 1 atom stereocenters. The summed E-state index contributed by atoms with van der Waals surface area (Å²) in [6.07, 6.45) is 0.752. The van der Waals surface area contributed by atoms with Gasteiger partial charge in [-0.1, -0.05) is 6.92 Å². The number of aryl methyl sites for hydroxylation is 1. The largest absolute Gasteiger partial charge is 0.462 e. The highest BCUT2D eigenvalue weighted by molar-refractivity contribution is 7.12. The Bertz CT molecular complexity index is 398. The number of carbonyl (C=O) groups excluding carboxylic acids is 1. The summed E-state index contributed by atoms with van der Waals surface area (Å²) in [5.41, 5.74) is 5.43. The standard InChI is InChI=1S/C11H15F2NO2S.ClH/c1-3-7-5-6-8(17-7)9(14)11(12,13)10(15)16-4-2;/h5-6,9H,3-4,14H2,1-2H3;1H/t9-;/m1./s1. The van der Waals surface area contributed by atoms with Crippen LogP contribution in [-0.2, 0) is 16.0 Å². The number of hydrogen-bond donors (Lipinski definition) is 1. The number of rotatable bonds is 5. The molecule has 1 heterocycles. The molecular weight excluding hydrogens is 284 g/mol. The van der Waals surface area contributed by atoms with Crippen LogP contribution in [0.25, 0.3) is 0 Å². The average molecular weight is 300 g/mol. The Kier molecular flexibility index (Phi) is 6.73. The predicted molar refractivity (Wildman–Crippen MR) is 69.5 cm³/mol. The molecule has 18 heavy (non-hydrogen) atoms. The molecule has 2 N–H and O–H groups in total. The Labute approximate surface area is 115 Å². The van der Waals surface area contributed by atoms with Crippen LogP contribution in [0.3, 0.4) is 0 Å². The number of hydrogen-bond acceptors (Lipinski definition) is 4. The van der Waals surface area contributed by atoms with Crippen LogP contribution in [0.5, 0.6) is 0 Å². The molecule has 0 radical (unpaired) electrons. The number of esters is 1. The molecule has 0 aromatic carbocycles. The zero-order valence-electron chi connectivity index (χ0n) is 10.1. The molecule has 0 saturated carbocycles. The lowest BCUT2D eigenvalue weighted by atomic mass is 10.1. The maximum atomic E-state index is 13.6. The van der Waals surface area contributed by atoms with Crippen molar-refractivity contribution < 1.29 is 18.3 Å². The molecule has 104 valence electrons. The second kappa shape index (κ2) is 7.01. The van der Waals surface area contributed by atoms with Crippen molar-refractivity contribution >= 4 is 29.7 Å². The molecule has 0 spiro atoms. The maximum absolute atomic E-state index is 13.6. The highest BCUT2D eigenvalue weighted by Crippen LogP contribution is 2.34. The summed E-state index contributed by atoms with van der Waals surface area (Å²) in [5.74, 6) is -5.26. The first-order valence-electron chi connectivity index (χ1n) is 5.32. The van der Waals surface area contributed by atoms with Gasteiger partial charge in [0, 0.05) is 9.75 Å². The fourth-order valence-electron chi connectivity index (χ4n) is 1.28. The molecule has 0 unspecified atom stereocenters. The van der Waals surface area contributed by atoms with Crippen molar-refractivity contribution in [2.75, 3.05) is 6.61 Å². The fourth-order valence-corrected chi connectivity index (χ4v) is 2.28. The maximum Gasteiger partial charge on any atom is 0.379 e. The lowest BCUT2D eigenvalue weighted by Crippen LogP contribution is -2.41. The molecule has 0 aliphatic heterocycles. The van der Waals surface area contributed by atoms with Crippen molar-refractivity contribution in [1.82, 2.24) is 0 Å². The van der Waals surface area contributed by atoms with E-state index in [9.17, 15) is 13.6 Å². The second-order valence-corrected chi connectivity index (χ2v) is 4.68. The molecule has 1 rings (SSSR count). The van der Waals surface area contributed by atoms with E-state index in [2.05, 4.69) is 4.74 Å². The first-order valence-corrected chi connectivity index (χ1v) is 6.14. The minimum Gasteiger partial charge on any atom is -0.462 e. The highest BCUT2D eigenvalue weighted by Gasteiger charge is 2.48. The van der Waals surface area contributed by atoms with Gasteiger partial charge in [0.25, 0.3) is 0 Å². The smallest absolute Gasteiger partial charge is 0.379 e. The van der Waals surface area contributed by atoms with Gasteiger partial charge < -0.3 is 10.5 Å². The van der Waals surface area contributed by atoms with Gasteiger partial charge in [0.05, 0.1) is 6.61 Å². The van der Waals surface area contributed by atoms with Crippen LogP contribution in [-0.4, -0.2) is 18.5 Å². The van der Waals surface area contributed by atoms with Crippen molar-refractivity contribution in [3.63, 3.8) is 0 Å². The van der Waals surface area contributed by atoms with Gasteiger partial charge in [-0.05, 0) is 25.5 Å². The zero-order chi connectivity index (χ0) is 13.1. The number of halogens is 3. The normalized spacial score (nSPS) is 12.7. The monoisotopic (exact) mass is 299 g/mol. The van der Waals surface area contributed by atoms with Crippen LogP contribution < -0.4 is 5.73 Å². The lowest BCUT2D eigenvalue weighted by Gasteiger charge is -2.20. The van der Waals surface area contributed by atoms with E-state index in [1.165, 1.54) is 24.3 Å². The van der Waals surface area contributed by atoms with E-state index >= 15 is 0 Å². The third kappa shape index (κ3) is 3.63. The SMILES string of the molecule is CCOC(=O)C(F)(F)[C@H](N)c1ccc(CC)s1.Cl. The van der Waals surface area contributed by atoms with Gasteiger partial charge >= 0.3 is 11.9 Å². The van der Waals surface area contributed by atoms with Crippen LogP contribution in [0.2, 0.25) is 0 Å². The molecule has 1 aromatic rings. The Hall–Kier alpha value is -0.720. The lowest BCUT2D eigenvalue weighted by molar-refractivity contribution is -0.174. The van der Waals surface area contributed by atoms with Gasteiger partial charge in [0.15, 0.2) is 0 Å². The first kappa shape index (κ1) is 17.3. The molecule has 0 bridgehead atoms. The van der Waals surface area contributed by atoms with E-state index in [0.29, 0.717) is 4.88 Å². The molecule has 0 aliphatic rings. The summed E-state index contributed by atoms with van der Waals surface area (Å²) >= 11 is 1.19. The highest BCUT2D eigenvalue weighted by atomic mass is 35.5. The summed E-state index contributed by atoms with van der Waals surface area (Å²) in [6, 6.07) is 1.62. The molecule has 0 fully saturated rings. The summed E-state index contributed by atoms with van der Waals surface area (Å²) in [6.45, 7) is 3.30. The van der Waals surface area contributed by atoms with Gasteiger partial charge in [-0.3, -0.25) is 0 Å². The quantitative estimate of drug-likeness (QED) is 0.851. The third-order valence-electron chi connectivity index (χ3n) is 2.28. The summed E-state index contributed by atoms with van der Waals surface area (Å²) in [4.78, 5) is 12.4. The van der Waals surface area contributed by atoms with Gasteiger partial charge in [0.2, 0.25) is 0 Å². The second-order valence-electron chi connectivity index (χ2n) is 3.48. The third-order valence-corrected chi connectivity index (χ3v) is 3.59. The van der Waals surface area contributed by atoms with Crippen molar-refractivity contribution in [1.29, 1.82) is 0 Å². The molecule has 0 amide bonds. The molecule has 3 nitrogen and oxygen atoms in total. The van der Waals surface area contributed by atoms with E-state index < -0.39 is 17.9 Å². The van der Waals surface area contributed by atoms with E-state index in [1.54, 1.807) is 6.07 Å². The van der Waals surface area contributed by atoms with Gasteiger partial charge in [-0.25, -0.2) is 4.79 Å². The van der Waals surface area contributed by atoms with Gasteiger partial charge in [0.1, 0.15) is 6.04 Å². The van der Waals surface area contributed by atoms with Crippen molar-refractivity contribution in [2.24, 2.45) is 5.73 Å². The number of thiophene rings is 1. The van der Waals surface area contributed by atoms with Crippen molar-refractivity contribution in [2.45, 2.75) is 32.2 Å². The zero-order valence-corrected chi connectivity index (χ0v) is 11.7. The van der Waals surface area contributed by atoms with Crippen LogP contribution in [0.1, 0.15) is 29.6 Å². The van der Waals surface area contributed by atoms with Crippen LogP contribution in [0, 0.1) is 0 Å². The van der Waals surface area contributed by atoms with Crippen molar-refractivity contribution in [3.05, 3.63) is 21.9 Å². The first-order chi connectivity index (χ1) is 7.93. The van der Waals surface area contributed by atoms with Crippen LogP contribution in [0.4, 0.5) is 8.78 Å². The number of carbonyl (C=O) groups is 1. The minimum absolute atomic E-state index is 0. The summed E-state index contributed by atoms with van der Waals surface area (Å²) < 4.78 is 31.5. The molecule has 1 aromatic heterocycles. The predicted octanol–water partition coefficient (Wildman–Crippen LogP) is 2.93. The molecule has 0 saturated heterocycles. The van der Waals surface area contributed by atoms with E-state index in [-0.39, 0.29) is 19.0 Å². The van der Waals surface area contributed by atoms with E-state index in [1.807, 2.05) is 6.92 Å². The number of alkyl halides is 2.